The maximum absolute atomic E-state index is 11.9. The molecule has 0 atom stereocenters. The average Bonchev–Trinajstić information content (AvgIpc) is 2.82. The van der Waals surface area contributed by atoms with Crippen LogP contribution >= 0.6 is 22.9 Å². The molecule has 3 nitrogen and oxygen atoms in total. The smallest absolute Gasteiger partial charge is 0.261 e. The van der Waals surface area contributed by atoms with E-state index in [-0.39, 0.29) is 17.7 Å². The zero-order chi connectivity index (χ0) is 14.9. The molecule has 5 heteroatoms. The summed E-state index contributed by atoms with van der Waals surface area (Å²) in [5.41, 5.74) is 1.85. The molecule has 1 amide bonds. The van der Waals surface area contributed by atoms with Crippen molar-refractivity contribution in [2.75, 3.05) is 0 Å². The molecule has 2 N–H and O–H groups in total. The molecule has 0 fully saturated rings. The fraction of sp³-hybridized carbons (Fsp3) is 0.267. The van der Waals surface area contributed by atoms with Gasteiger partial charge in [-0.2, -0.15) is 0 Å². The van der Waals surface area contributed by atoms with Gasteiger partial charge in [-0.25, -0.2) is 0 Å². The van der Waals surface area contributed by atoms with Gasteiger partial charge in [0.15, 0.2) is 0 Å². The van der Waals surface area contributed by atoms with E-state index in [1.807, 2.05) is 26.8 Å². The van der Waals surface area contributed by atoms with Crippen LogP contribution in [-0.2, 0) is 0 Å². The average molecular weight is 310 g/mol. The van der Waals surface area contributed by atoms with E-state index in [0.29, 0.717) is 9.90 Å². The van der Waals surface area contributed by atoms with Crippen LogP contribution in [0.15, 0.2) is 24.3 Å². The van der Waals surface area contributed by atoms with Gasteiger partial charge < -0.3 is 10.4 Å². The number of carbonyl (C=O) groups is 1. The number of aryl methyl sites for hydroxylation is 1. The highest BCUT2D eigenvalue weighted by atomic mass is 35.5. The Morgan fingerprint density at radius 1 is 1.35 bits per heavy atom. The number of phenols is 1. The second kappa shape index (κ2) is 5.85. The molecule has 0 spiro atoms. The summed E-state index contributed by atoms with van der Waals surface area (Å²) in [6, 6.07) is 7.17. The number of amides is 1. The summed E-state index contributed by atoms with van der Waals surface area (Å²) >= 11 is 7.36. The zero-order valence-corrected chi connectivity index (χ0v) is 13.1. The molecule has 0 aliphatic carbocycles. The highest BCUT2D eigenvalue weighted by molar-refractivity contribution is 7.17. The highest BCUT2D eigenvalue weighted by Crippen LogP contribution is 2.36. The molecule has 1 aromatic heterocycles. The second-order valence-corrected chi connectivity index (χ2v) is 6.40. The minimum Gasteiger partial charge on any atom is -0.506 e. The topological polar surface area (TPSA) is 49.3 Å². The minimum absolute atomic E-state index is 0.0706. The Bertz CT molecular complexity index is 649. The summed E-state index contributed by atoms with van der Waals surface area (Å²) in [6.07, 6.45) is 0. The lowest BCUT2D eigenvalue weighted by atomic mass is 10.1. The maximum Gasteiger partial charge on any atom is 0.261 e. The van der Waals surface area contributed by atoms with Gasteiger partial charge >= 0.3 is 0 Å². The van der Waals surface area contributed by atoms with Crippen LogP contribution in [0.5, 0.6) is 5.75 Å². The SMILES string of the molecule is Cc1cc(O)c(Cl)cc1-c1ccc(C(=O)NC(C)C)s1. The largest absolute Gasteiger partial charge is 0.506 e. The molecule has 0 aliphatic heterocycles. The van der Waals surface area contributed by atoms with E-state index in [1.165, 1.54) is 11.3 Å². The number of hydrogen-bond donors (Lipinski definition) is 2. The van der Waals surface area contributed by atoms with E-state index in [4.69, 9.17) is 11.6 Å². The van der Waals surface area contributed by atoms with Gasteiger partial charge in [0.2, 0.25) is 0 Å². The minimum atomic E-state index is -0.0706. The summed E-state index contributed by atoms with van der Waals surface area (Å²) in [6.45, 7) is 5.76. The molecule has 20 heavy (non-hydrogen) atoms. The van der Waals surface area contributed by atoms with Crippen molar-refractivity contribution in [1.29, 1.82) is 0 Å². The molecule has 2 rings (SSSR count). The third-order valence-corrected chi connectivity index (χ3v) is 4.23. The van der Waals surface area contributed by atoms with Gasteiger partial charge in [-0.05, 0) is 56.2 Å². The van der Waals surface area contributed by atoms with E-state index < -0.39 is 0 Å². The summed E-state index contributed by atoms with van der Waals surface area (Å²) < 4.78 is 0. The Balaban J connectivity index is 2.34. The molecule has 0 aliphatic rings. The Kier molecular flexibility index (Phi) is 4.35. The number of hydrogen-bond acceptors (Lipinski definition) is 3. The standard InChI is InChI=1S/C15H16ClNO2S/c1-8(2)17-15(19)14-5-4-13(20-14)10-7-11(16)12(18)6-9(10)3/h4-8,18H,1-3H3,(H,17,19). The van der Waals surface area contributed by atoms with E-state index in [2.05, 4.69) is 5.32 Å². The van der Waals surface area contributed by atoms with Crippen LogP contribution in [0.4, 0.5) is 0 Å². The number of nitrogens with one attached hydrogen (secondary N) is 1. The van der Waals surface area contributed by atoms with Crippen molar-refractivity contribution in [3.05, 3.63) is 39.7 Å². The number of phenolic OH excluding ortho intramolecular Hbond substituents is 1. The van der Waals surface area contributed by atoms with Crippen LogP contribution < -0.4 is 5.32 Å². The lowest BCUT2D eigenvalue weighted by Crippen LogP contribution is -2.29. The number of halogens is 1. The molecule has 1 aromatic carbocycles. The first-order chi connectivity index (χ1) is 9.38. The molecular weight excluding hydrogens is 294 g/mol. The van der Waals surface area contributed by atoms with Crippen molar-refractivity contribution in [3.63, 3.8) is 0 Å². The Hall–Kier alpha value is -1.52. The predicted molar refractivity (Wildman–Crippen MR) is 83.8 cm³/mol. The molecule has 1 heterocycles. The van der Waals surface area contributed by atoms with E-state index in [0.717, 1.165) is 16.0 Å². The summed E-state index contributed by atoms with van der Waals surface area (Å²) in [7, 11) is 0. The molecule has 0 unspecified atom stereocenters. The zero-order valence-electron chi connectivity index (χ0n) is 11.5. The normalized spacial score (nSPS) is 10.8. The molecule has 0 saturated heterocycles. The van der Waals surface area contributed by atoms with Gasteiger partial charge in [-0.1, -0.05) is 11.6 Å². The van der Waals surface area contributed by atoms with Crippen molar-refractivity contribution < 1.29 is 9.90 Å². The molecule has 106 valence electrons. The molecule has 0 radical (unpaired) electrons. The number of aromatic hydroxyl groups is 1. The van der Waals surface area contributed by atoms with Crippen LogP contribution in [0, 0.1) is 6.92 Å². The third-order valence-electron chi connectivity index (χ3n) is 2.81. The number of thiophene rings is 1. The van der Waals surface area contributed by atoms with Crippen molar-refractivity contribution in [2.45, 2.75) is 26.8 Å². The van der Waals surface area contributed by atoms with E-state index >= 15 is 0 Å². The van der Waals surface area contributed by atoms with Gasteiger partial charge in [-0.3, -0.25) is 4.79 Å². The van der Waals surface area contributed by atoms with Crippen LogP contribution in [-0.4, -0.2) is 17.1 Å². The van der Waals surface area contributed by atoms with Gasteiger partial charge in [0.1, 0.15) is 5.75 Å². The van der Waals surface area contributed by atoms with E-state index in [9.17, 15) is 9.90 Å². The van der Waals surface area contributed by atoms with Crippen molar-refractivity contribution in [2.24, 2.45) is 0 Å². The lowest BCUT2D eigenvalue weighted by Gasteiger charge is -2.07. The van der Waals surface area contributed by atoms with Crippen molar-refractivity contribution in [1.82, 2.24) is 5.32 Å². The first-order valence-electron chi connectivity index (χ1n) is 6.28. The summed E-state index contributed by atoms with van der Waals surface area (Å²) in [5, 5.41) is 12.7. The van der Waals surface area contributed by atoms with Gasteiger partial charge in [0.25, 0.3) is 5.91 Å². The van der Waals surface area contributed by atoms with Gasteiger partial charge in [0, 0.05) is 10.9 Å². The fourth-order valence-electron chi connectivity index (χ4n) is 1.87. The quantitative estimate of drug-likeness (QED) is 0.891. The lowest BCUT2D eigenvalue weighted by molar-refractivity contribution is 0.0947. The molecule has 2 aromatic rings. The molecule has 0 bridgehead atoms. The van der Waals surface area contributed by atoms with E-state index in [1.54, 1.807) is 18.2 Å². The number of benzene rings is 1. The number of carbonyl (C=O) groups excluding carboxylic acids is 1. The first kappa shape index (κ1) is 14.9. The fourth-order valence-corrected chi connectivity index (χ4v) is 3.02. The van der Waals surface area contributed by atoms with Crippen molar-refractivity contribution >= 4 is 28.8 Å². The Morgan fingerprint density at radius 3 is 2.70 bits per heavy atom. The summed E-state index contributed by atoms with van der Waals surface area (Å²) in [4.78, 5) is 13.6. The van der Waals surface area contributed by atoms with Gasteiger partial charge in [-0.15, -0.1) is 11.3 Å². The highest BCUT2D eigenvalue weighted by Gasteiger charge is 2.13. The Labute approximate surface area is 127 Å². The number of rotatable bonds is 3. The van der Waals surface area contributed by atoms with Gasteiger partial charge in [0.05, 0.1) is 9.90 Å². The molecule has 0 saturated carbocycles. The maximum atomic E-state index is 11.9. The Morgan fingerprint density at radius 2 is 2.05 bits per heavy atom. The third kappa shape index (κ3) is 3.14. The second-order valence-electron chi connectivity index (χ2n) is 4.91. The van der Waals surface area contributed by atoms with Crippen LogP contribution in [0.2, 0.25) is 5.02 Å². The monoisotopic (exact) mass is 309 g/mol. The first-order valence-corrected chi connectivity index (χ1v) is 7.48. The van der Waals surface area contributed by atoms with Crippen molar-refractivity contribution in [3.8, 4) is 16.2 Å². The molecular formula is C15H16ClNO2S. The van der Waals surface area contributed by atoms with Crippen LogP contribution in [0.25, 0.3) is 10.4 Å². The van der Waals surface area contributed by atoms with Crippen LogP contribution in [0.1, 0.15) is 29.1 Å². The van der Waals surface area contributed by atoms with Crippen LogP contribution in [0.3, 0.4) is 0 Å². The summed E-state index contributed by atoms with van der Waals surface area (Å²) in [5.74, 6) is 0.000949. The predicted octanol–water partition coefficient (Wildman–Crippen LogP) is 4.22.